The van der Waals surface area contributed by atoms with E-state index in [9.17, 15) is 4.79 Å². The van der Waals surface area contributed by atoms with Crippen LogP contribution in [-0.2, 0) is 0 Å². The van der Waals surface area contributed by atoms with Crippen molar-refractivity contribution in [3.05, 3.63) is 24.0 Å². The van der Waals surface area contributed by atoms with Crippen LogP contribution in [0.3, 0.4) is 0 Å². The lowest BCUT2D eigenvalue weighted by Gasteiger charge is -2.29. The van der Waals surface area contributed by atoms with Crippen LogP contribution in [0.25, 0.3) is 0 Å². The van der Waals surface area contributed by atoms with E-state index in [4.69, 9.17) is 5.73 Å². The maximum Gasteiger partial charge on any atom is 0.250 e. The molecule has 3 rings (SSSR count). The third kappa shape index (κ3) is 1.44. The van der Waals surface area contributed by atoms with E-state index in [0.29, 0.717) is 17.6 Å². The van der Waals surface area contributed by atoms with Crippen molar-refractivity contribution in [1.82, 2.24) is 10.3 Å². The second-order valence-electron chi connectivity index (χ2n) is 4.44. The smallest absolute Gasteiger partial charge is 0.250 e. The molecule has 2 aliphatic heterocycles. The summed E-state index contributed by atoms with van der Waals surface area (Å²) in [6.45, 7) is 2.01. The molecule has 5 heteroatoms. The number of rotatable bonds is 2. The highest BCUT2D eigenvalue weighted by atomic mass is 16.1. The molecule has 0 aliphatic carbocycles. The zero-order valence-corrected chi connectivity index (χ0v) is 8.89. The normalized spacial score (nSPS) is 27.4. The molecule has 3 N–H and O–H groups in total. The van der Waals surface area contributed by atoms with Crippen LogP contribution in [0.4, 0.5) is 5.69 Å². The molecule has 2 fully saturated rings. The van der Waals surface area contributed by atoms with Gasteiger partial charge in [-0.15, -0.1) is 0 Å². The number of piperazine rings is 1. The Morgan fingerprint density at radius 2 is 2.44 bits per heavy atom. The van der Waals surface area contributed by atoms with Crippen molar-refractivity contribution in [2.75, 3.05) is 18.0 Å². The SMILES string of the molecule is NC(=O)c1cncc(N2C[C@H]3CC2CN3)c1. The standard InChI is InChI=1S/C11H14N4O/c12-11(16)7-1-9(4-13-3-7)15-6-8-2-10(15)5-14-8/h1,3-4,8,10,14H,2,5-6H2,(H2,12,16)/t8-,10?/m1/s1. The Hall–Kier alpha value is -1.62. The Bertz CT molecular complexity index is 434. The van der Waals surface area contributed by atoms with Gasteiger partial charge in [0.2, 0.25) is 5.91 Å². The van der Waals surface area contributed by atoms with Gasteiger partial charge < -0.3 is 16.0 Å². The largest absolute Gasteiger partial charge is 0.366 e. The van der Waals surface area contributed by atoms with Crippen molar-refractivity contribution in [3.63, 3.8) is 0 Å². The average Bonchev–Trinajstić information content (AvgIpc) is 2.91. The Labute approximate surface area is 93.6 Å². The van der Waals surface area contributed by atoms with E-state index in [1.807, 2.05) is 6.07 Å². The first-order chi connectivity index (χ1) is 7.74. The molecule has 0 radical (unpaired) electrons. The number of carbonyl (C=O) groups excluding carboxylic acids is 1. The lowest BCUT2D eigenvalue weighted by Crippen LogP contribution is -2.43. The number of fused-ring (bicyclic) bond motifs is 2. The zero-order valence-electron chi connectivity index (χ0n) is 8.89. The fraction of sp³-hybridized carbons (Fsp3) is 0.455. The first kappa shape index (κ1) is 9.59. The summed E-state index contributed by atoms with van der Waals surface area (Å²) < 4.78 is 0. The number of hydrogen-bond donors (Lipinski definition) is 2. The maximum absolute atomic E-state index is 11.1. The molecule has 1 aromatic heterocycles. The Balaban J connectivity index is 1.89. The summed E-state index contributed by atoms with van der Waals surface area (Å²) in [6.07, 6.45) is 4.49. The minimum Gasteiger partial charge on any atom is -0.366 e. The molecule has 3 heterocycles. The minimum atomic E-state index is -0.420. The number of nitrogens with zero attached hydrogens (tertiary/aromatic N) is 2. The topological polar surface area (TPSA) is 71.2 Å². The number of nitrogens with one attached hydrogen (secondary N) is 1. The second-order valence-corrected chi connectivity index (χ2v) is 4.44. The summed E-state index contributed by atoms with van der Waals surface area (Å²) in [5, 5.41) is 3.44. The molecule has 2 atom stereocenters. The van der Waals surface area contributed by atoms with Gasteiger partial charge in [0.05, 0.1) is 17.4 Å². The Morgan fingerprint density at radius 3 is 3.06 bits per heavy atom. The fourth-order valence-electron chi connectivity index (χ4n) is 2.60. The Morgan fingerprint density at radius 1 is 1.56 bits per heavy atom. The molecule has 2 aliphatic rings. The summed E-state index contributed by atoms with van der Waals surface area (Å²) in [7, 11) is 0. The van der Waals surface area contributed by atoms with E-state index < -0.39 is 5.91 Å². The highest BCUT2D eigenvalue weighted by Crippen LogP contribution is 2.29. The van der Waals surface area contributed by atoms with Gasteiger partial charge in [0.1, 0.15) is 0 Å². The van der Waals surface area contributed by atoms with Crippen LogP contribution in [-0.4, -0.2) is 36.1 Å². The first-order valence-corrected chi connectivity index (χ1v) is 5.49. The van der Waals surface area contributed by atoms with Crippen LogP contribution < -0.4 is 16.0 Å². The van der Waals surface area contributed by atoms with Crippen molar-refractivity contribution >= 4 is 11.6 Å². The van der Waals surface area contributed by atoms with Crippen LogP contribution >= 0.6 is 0 Å². The summed E-state index contributed by atoms with van der Waals surface area (Å²) in [4.78, 5) is 17.5. The predicted molar refractivity (Wildman–Crippen MR) is 60.3 cm³/mol. The number of pyridine rings is 1. The van der Waals surface area contributed by atoms with Gasteiger partial charge in [-0.05, 0) is 12.5 Å². The second kappa shape index (κ2) is 3.45. The van der Waals surface area contributed by atoms with Crippen molar-refractivity contribution < 1.29 is 4.79 Å². The van der Waals surface area contributed by atoms with E-state index in [-0.39, 0.29) is 0 Å². The lowest BCUT2D eigenvalue weighted by molar-refractivity contribution is 0.1000. The summed E-state index contributed by atoms with van der Waals surface area (Å²) >= 11 is 0. The predicted octanol–water partition coefficient (Wildman–Crippen LogP) is -0.269. The summed E-state index contributed by atoms with van der Waals surface area (Å²) in [5.41, 5.74) is 6.73. The van der Waals surface area contributed by atoms with Crippen LogP contribution in [0.2, 0.25) is 0 Å². The van der Waals surface area contributed by atoms with E-state index in [0.717, 1.165) is 18.8 Å². The van der Waals surface area contributed by atoms with E-state index >= 15 is 0 Å². The quantitative estimate of drug-likeness (QED) is 0.717. The van der Waals surface area contributed by atoms with Gasteiger partial charge >= 0.3 is 0 Å². The minimum absolute atomic E-state index is 0.420. The molecule has 0 aromatic carbocycles. The highest BCUT2D eigenvalue weighted by molar-refractivity contribution is 5.93. The highest BCUT2D eigenvalue weighted by Gasteiger charge is 2.37. The molecule has 1 amide bonds. The first-order valence-electron chi connectivity index (χ1n) is 5.49. The van der Waals surface area contributed by atoms with Crippen molar-refractivity contribution in [1.29, 1.82) is 0 Å². The number of hydrogen-bond acceptors (Lipinski definition) is 4. The molecule has 0 saturated carbocycles. The molecular formula is C11H14N4O. The van der Waals surface area contributed by atoms with Crippen LogP contribution in [0.5, 0.6) is 0 Å². The maximum atomic E-state index is 11.1. The third-order valence-electron chi connectivity index (χ3n) is 3.40. The van der Waals surface area contributed by atoms with Crippen molar-refractivity contribution in [2.24, 2.45) is 5.73 Å². The average molecular weight is 218 g/mol. The van der Waals surface area contributed by atoms with Crippen LogP contribution in [0.15, 0.2) is 18.5 Å². The molecular weight excluding hydrogens is 204 g/mol. The Kier molecular flexibility index (Phi) is 2.07. The van der Waals surface area contributed by atoms with Crippen LogP contribution in [0, 0.1) is 0 Å². The molecule has 84 valence electrons. The van der Waals surface area contributed by atoms with Gasteiger partial charge in [0.25, 0.3) is 0 Å². The van der Waals surface area contributed by atoms with Gasteiger partial charge in [-0.2, -0.15) is 0 Å². The number of carbonyl (C=O) groups is 1. The number of aromatic nitrogens is 1. The van der Waals surface area contributed by atoms with E-state index in [2.05, 4.69) is 15.2 Å². The third-order valence-corrected chi connectivity index (χ3v) is 3.40. The number of nitrogens with two attached hydrogens (primary N) is 1. The molecule has 2 bridgehead atoms. The van der Waals surface area contributed by atoms with Crippen LogP contribution in [0.1, 0.15) is 16.8 Å². The van der Waals surface area contributed by atoms with Crippen molar-refractivity contribution in [2.45, 2.75) is 18.5 Å². The van der Waals surface area contributed by atoms with Gasteiger partial charge in [-0.3, -0.25) is 9.78 Å². The zero-order chi connectivity index (χ0) is 11.1. The molecule has 5 nitrogen and oxygen atoms in total. The van der Waals surface area contributed by atoms with E-state index in [1.165, 1.54) is 12.6 Å². The number of primary amides is 1. The lowest BCUT2D eigenvalue weighted by atomic mass is 10.2. The van der Waals surface area contributed by atoms with Gasteiger partial charge in [0, 0.05) is 31.4 Å². The fourth-order valence-corrected chi connectivity index (χ4v) is 2.60. The molecule has 16 heavy (non-hydrogen) atoms. The molecule has 2 saturated heterocycles. The van der Waals surface area contributed by atoms with E-state index in [1.54, 1.807) is 6.20 Å². The monoisotopic (exact) mass is 218 g/mol. The van der Waals surface area contributed by atoms with Gasteiger partial charge in [0.15, 0.2) is 0 Å². The molecule has 1 aromatic rings. The summed E-state index contributed by atoms with van der Waals surface area (Å²) in [6, 6.07) is 2.95. The van der Waals surface area contributed by atoms with Crippen molar-refractivity contribution in [3.8, 4) is 0 Å². The summed E-state index contributed by atoms with van der Waals surface area (Å²) in [5.74, 6) is -0.420. The number of amides is 1. The molecule has 1 unspecified atom stereocenters. The van der Waals surface area contributed by atoms with Gasteiger partial charge in [-0.25, -0.2) is 0 Å². The number of anilines is 1. The van der Waals surface area contributed by atoms with Gasteiger partial charge in [-0.1, -0.05) is 0 Å². The molecule has 0 spiro atoms.